The van der Waals surface area contributed by atoms with Gasteiger partial charge in [0.15, 0.2) is 10.2 Å². The number of hydrogen-bond donors (Lipinski definition) is 3. The summed E-state index contributed by atoms with van der Waals surface area (Å²) in [6.07, 6.45) is 0. The van der Waals surface area contributed by atoms with Crippen LogP contribution < -0.4 is 5.32 Å². The van der Waals surface area contributed by atoms with Crippen molar-refractivity contribution in [3.8, 4) is 5.75 Å². The number of carbonyl (C=O) groups excluding carboxylic acids is 1. The van der Waals surface area contributed by atoms with E-state index < -0.39 is 17.0 Å². The molecule has 0 fully saturated rings. The van der Waals surface area contributed by atoms with E-state index in [1.807, 2.05) is 0 Å². The highest BCUT2D eigenvalue weighted by Crippen LogP contribution is 2.22. The fourth-order valence-electron chi connectivity index (χ4n) is 1.27. The molecule has 0 saturated heterocycles. The van der Waals surface area contributed by atoms with Gasteiger partial charge < -0.3 is 9.66 Å². The van der Waals surface area contributed by atoms with Gasteiger partial charge in [-0.15, -0.1) is 11.3 Å². The molecule has 0 aliphatic carbocycles. The molecule has 0 bridgehead atoms. The minimum Gasteiger partial charge on any atom is -0.508 e. The monoisotopic (exact) mass is 318 g/mol. The van der Waals surface area contributed by atoms with E-state index >= 15 is 0 Å². The maximum Gasteiger partial charge on any atom is 0.257 e. The quantitative estimate of drug-likeness (QED) is 0.754. The number of hydrogen-bond acceptors (Lipinski definition) is 5. The normalized spacial score (nSPS) is 12.1. The van der Waals surface area contributed by atoms with Gasteiger partial charge in [0, 0.05) is 16.0 Å². The summed E-state index contributed by atoms with van der Waals surface area (Å²) in [6.45, 7) is 0. The first kappa shape index (κ1) is 13.9. The Morgan fingerprint density at radius 3 is 2.74 bits per heavy atom. The third-order valence-electron chi connectivity index (χ3n) is 2.03. The first-order chi connectivity index (χ1) is 8.95. The maximum atomic E-state index is 11.8. The van der Waals surface area contributed by atoms with Crippen LogP contribution in [-0.2, 0) is 11.1 Å². The number of phenolic OH excluding ortho intramolecular Hbond substituents is 1. The molecule has 2 rings (SSSR count). The van der Waals surface area contributed by atoms with Gasteiger partial charge in [-0.05, 0) is 18.2 Å². The van der Waals surface area contributed by atoms with Gasteiger partial charge in [-0.3, -0.25) is 10.1 Å². The van der Waals surface area contributed by atoms with E-state index in [0.29, 0.717) is 0 Å². The minimum absolute atomic E-state index is 0.0331. The molecule has 1 unspecified atom stereocenters. The van der Waals surface area contributed by atoms with Crippen molar-refractivity contribution in [2.45, 2.75) is 5.03 Å². The molecule has 1 heterocycles. The SMILES string of the molecule is O=C(Nc1nc(S(=O)O)cs1)c1cc(O)cc(Cl)c1. The van der Waals surface area contributed by atoms with Crippen LogP contribution in [-0.4, -0.2) is 24.8 Å². The Morgan fingerprint density at radius 1 is 1.42 bits per heavy atom. The van der Waals surface area contributed by atoms with E-state index in [1.54, 1.807) is 0 Å². The lowest BCUT2D eigenvalue weighted by Crippen LogP contribution is -2.11. The number of aromatic nitrogens is 1. The van der Waals surface area contributed by atoms with E-state index in [2.05, 4.69) is 10.3 Å². The molecule has 2 aromatic rings. The van der Waals surface area contributed by atoms with Gasteiger partial charge in [-0.25, -0.2) is 9.19 Å². The van der Waals surface area contributed by atoms with Crippen molar-refractivity contribution >= 4 is 45.1 Å². The summed E-state index contributed by atoms with van der Waals surface area (Å²) in [7, 11) is 0. The number of nitrogens with one attached hydrogen (secondary N) is 1. The number of anilines is 1. The summed E-state index contributed by atoms with van der Waals surface area (Å²) < 4.78 is 19.6. The van der Waals surface area contributed by atoms with Crippen LogP contribution in [0.5, 0.6) is 5.75 Å². The number of phenols is 1. The largest absolute Gasteiger partial charge is 0.508 e. The van der Waals surface area contributed by atoms with E-state index in [9.17, 15) is 14.1 Å². The summed E-state index contributed by atoms with van der Waals surface area (Å²) in [5.74, 6) is -0.656. The first-order valence-corrected chi connectivity index (χ1v) is 7.19. The molecule has 1 aromatic heterocycles. The molecule has 0 aliphatic heterocycles. The highest BCUT2D eigenvalue weighted by Gasteiger charge is 2.12. The summed E-state index contributed by atoms with van der Waals surface area (Å²) in [5, 5.41) is 13.5. The third-order valence-corrected chi connectivity index (χ3v) is 3.72. The van der Waals surface area contributed by atoms with Crippen molar-refractivity contribution in [2.75, 3.05) is 5.32 Å². The van der Waals surface area contributed by atoms with E-state index in [-0.39, 0.29) is 26.5 Å². The smallest absolute Gasteiger partial charge is 0.257 e. The lowest BCUT2D eigenvalue weighted by Gasteiger charge is -2.03. The van der Waals surface area contributed by atoms with E-state index in [0.717, 1.165) is 11.3 Å². The Kier molecular flexibility index (Phi) is 4.15. The van der Waals surface area contributed by atoms with Crippen LogP contribution in [0.1, 0.15) is 10.4 Å². The second-order valence-electron chi connectivity index (χ2n) is 3.39. The van der Waals surface area contributed by atoms with Gasteiger partial charge in [-0.1, -0.05) is 11.6 Å². The van der Waals surface area contributed by atoms with Crippen molar-refractivity contribution < 1.29 is 18.7 Å². The summed E-state index contributed by atoms with van der Waals surface area (Å²) in [6, 6.07) is 3.93. The zero-order valence-corrected chi connectivity index (χ0v) is 11.6. The molecule has 0 radical (unpaired) electrons. The zero-order valence-electron chi connectivity index (χ0n) is 9.16. The number of amides is 1. The number of carbonyl (C=O) groups is 1. The van der Waals surface area contributed by atoms with Crippen LogP contribution in [0.15, 0.2) is 28.6 Å². The molecule has 19 heavy (non-hydrogen) atoms. The van der Waals surface area contributed by atoms with Gasteiger partial charge in [0.05, 0.1) is 0 Å². The van der Waals surface area contributed by atoms with Crippen LogP contribution in [0.2, 0.25) is 5.02 Å². The number of halogens is 1. The van der Waals surface area contributed by atoms with Crippen molar-refractivity contribution in [1.82, 2.24) is 4.98 Å². The van der Waals surface area contributed by atoms with Gasteiger partial charge >= 0.3 is 0 Å². The Balaban J connectivity index is 2.18. The lowest BCUT2D eigenvalue weighted by molar-refractivity contribution is 0.102. The molecular formula is C10H7ClN2O4S2. The number of thiazole rings is 1. The number of nitrogens with zero attached hydrogens (tertiary/aromatic N) is 1. The molecule has 100 valence electrons. The molecule has 0 saturated carbocycles. The average molecular weight is 319 g/mol. The van der Waals surface area contributed by atoms with Gasteiger partial charge in [-0.2, -0.15) is 0 Å². The molecular weight excluding hydrogens is 312 g/mol. The number of rotatable bonds is 3. The Morgan fingerprint density at radius 2 is 2.16 bits per heavy atom. The van der Waals surface area contributed by atoms with Crippen molar-refractivity contribution in [1.29, 1.82) is 0 Å². The Bertz CT molecular complexity index is 638. The van der Waals surface area contributed by atoms with Crippen LogP contribution in [0.25, 0.3) is 0 Å². The lowest BCUT2D eigenvalue weighted by atomic mass is 10.2. The molecule has 3 N–H and O–H groups in total. The number of aromatic hydroxyl groups is 1. The molecule has 1 atom stereocenters. The predicted molar refractivity (Wildman–Crippen MR) is 72.2 cm³/mol. The highest BCUT2D eigenvalue weighted by atomic mass is 35.5. The molecule has 0 spiro atoms. The maximum absolute atomic E-state index is 11.8. The summed E-state index contributed by atoms with van der Waals surface area (Å²) in [4.78, 5) is 15.6. The van der Waals surface area contributed by atoms with Crippen LogP contribution in [0, 0.1) is 0 Å². The zero-order chi connectivity index (χ0) is 14.0. The fourth-order valence-corrected chi connectivity index (χ4v) is 2.77. The topological polar surface area (TPSA) is 99.5 Å². The second-order valence-corrected chi connectivity index (χ2v) is 5.60. The van der Waals surface area contributed by atoms with Crippen LogP contribution in [0.3, 0.4) is 0 Å². The average Bonchev–Trinajstić information content (AvgIpc) is 2.76. The van der Waals surface area contributed by atoms with E-state index in [4.69, 9.17) is 16.2 Å². The fraction of sp³-hybridized carbons (Fsp3) is 0. The summed E-state index contributed by atoms with van der Waals surface area (Å²) in [5.41, 5.74) is 0.159. The first-order valence-electron chi connectivity index (χ1n) is 4.83. The second kappa shape index (κ2) is 5.66. The molecule has 1 amide bonds. The summed E-state index contributed by atoms with van der Waals surface area (Å²) >= 11 is 4.55. The third kappa shape index (κ3) is 3.51. The Hall–Kier alpha value is -1.48. The molecule has 6 nitrogen and oxygen atoms in total. The number of benzene rings is 1. The van der Waals surface area contributed by atoms with Crippen molar-refractivity contribution in [3.05, 3.63) is 34.2 Å². The standard InChI is InChI=1S/C10H7ClN2O4S2/c11-6-1-5(2-7(14)3-6)9(15)13-10-12-8(4-18-10)19(16)17/h1-4,14H,(H,16,17)(H,12,13,15). The van der Waals surface area contributed by atoms with Gasteiger partial charge in [0.1, 0.15) is 5.75 Å². The molecule has 1 aromatic carbocycles. The predicted octanol–water partition coefficient (Wildman–Crippen LogP) is 2.33. The molecule has 9 heteroatoms. The van der Waals surface area contributed by atoms with Crippen molar-refractivity contribution in [2.24, 2.45) is 0 Å². The van der Waals surface area contributed by atoms with Crippen LogP contribution in [0.4, 0.5) is 5.13 Å². The van der Waals surface area contributed by atoms with Gasteiger partial charge in [0.2, 0.25) is 11.1 Å². The molecule has 0 aliphatic rings. The van der Waals surface area contributed by atoms with Crippen molar-refractivity contribution in [3.63, 3.8) is 0 Å². The van der Waals surface area contributed by atoms with E-state index in [1.165, 1.54) is 23.6 Å². The highest BCUT2D eigenvalue weighted by molar-refractivity contribution is 7.79. The van der Waals surface area contributed by atoms with Gasteiger partial charge in [0.25, 0.3) is 5.91 Å². The van der Waals surface area contributed by atoms with Crippen LogP contribution >= 0.6 is 22.9 Å². The minimum atomic E-state index is -2.19. The Labute approximate surface area is 119 Å².